The number of methoxy groups -OCH3 is 1. The van der Waals surface area contributed by atoms with Crippen LogP contribution in [0.3, 0.4) is 0 Å². The van der Waals surface area contributed by atoms with Crippen molar-refractivity contribution < 1.29 is 29.2 Å². The standard InChI is InChI=1S/C16H14N2O8/c1-9(16(19)20)10-7-13(17(21)22)15(14(8-10)18(23)24)26-12-5-3-11(25-2)4-6-12/h3-9H,1-2H3,(H,19,20)/p-1. The molecule has 0 radical (unpaired) electrons. The van der Waals surface area contributed by atoms with Gasteiger partial charge in [-0.15, -0.1) is 0 Å². The third-order valence-corrected chi connectivity index (χ3v) is 3.60. The first-order chi connectivity index (χ1) is 12.2. The molecule has 10 nitrogen and oxygen atoms in total. The van der Waals surface area contributed by atoms with Crippen molar-refractivity contribution in [3.05, 3.63) is 62.2 Å². The quantitative estimate of drug-likeness (QED) is 0.538. The van der Waals surface area contributed by atoms with Crippen molar-refractivity contribution in [2.75, 3.05) is 7.11 Å². The maximum absolute atomic E-state index is 11.4. The van der Waals surface area contributed by atoms with Crippen LogP contribution in [-0.2, 0) is 4.79 Å². The van der Waals surface area contributed by atoms with Crippen LogP contribution in [0, 0.1) is 20.2 Å². The highest BCUT2D eigenvalue weighted by molar-refractivity contribution is 5.76. The van der Waals surface area contributed by atoms with Crippen LogP contribution in [0.2, 0.25) is 0 Å². The van der Waals surface area contributed by atoms with E-state index >= 15 is 0 Å². The molecule has 136 valence electrons. The number of rotatable bonds is 7. The molecule has 0 aliphatic carbocycles. The van der Waals surface area contributed by atoms with Gasteiger partial charge in [0.2, 0.25) is 0 Å². The SMILES string of the molecule is COc1ccc(Oc2c([N+](=O)[O-])cc(C(C)C(=O)[O-])cc2[N+](=O)[O-])cc1. The number of ether oxygens (including phenoxy) is 2. The molecule has 0 aliphatic heterocycles. The van der Waals surface area contributed by atoms with Gasteiger partial charge in [-0.1, -0.05) is 6.92 Å². The van der Waals surface area contributed by atoms with Crippen LogP contribution in [0.5, 0.6) is 17.2 Å². The summed E-state index contributed by atoms with van der Waals surface area (Å²) < 4.78 is 10.3. The summed E-state index contributed by atoms with van der Waals surface area (Å²) in [5.41, 5.74) is -1.58. The summed E-state index contributed by atoms with van der Waals surface area (Å²) in [6.45, 7) is 1.21. The maximum Gasteiger partial charge on any atom is 0.319 e. The predicted molar refractivity (Wildman–Crippen MR) is 86.2 cm³/mol. The van der Waals surface area contributed by atoms with Crippen molar-refractivity contribution in [2.45, 2.75) is 12.8 Å². The van der Waals surface area contributed by atoms with Gasteiger partial charge < -0.3 is 19.4 Å². The second-order valence-corrected chi connectivity index (χ2v) is 5.22. The normalized spacial score (nSPS) is 11.5. The number of carbonyl (C=O) groups is 1. The van der Waals surface area contributed by atoms with Gasteiger partial charge in [0.15, 0.2) is 0 Å². The molecule has 2 rings (SSSR count). The Hall–Kier alpha value is -3.69. The van der Waals surface area contributed by atoms with E-state index in [9.17, 15) is 30.1 Å². The fourth-order valence-corrected chi connectivity index (χ4v) is 2.14. The van der Waals surface area contributed by atoms with Gasteiger partial charge >= 0.3 is 11.4 Å². The molecule has 0 bridgehead atoms. The largest absolute Gasteiger partial charge is 0.550 e. The lowest BCUT2D eigenvalue weighted by Crippen LogP contribution is -2.28. The Labute approximate surface area is 146 Å². The number of hydrogen-bond donors (Lipinski definition) is 0. The van der Waals surface area contributed by atoms with Crippen LogP contribution in [0.4, 0.5) is 11.4 Å². The average molecular weight is 361 g/mol. The first-order valence-electron chi connectivity index (χ1n) is 7.24. The summed E-state index contributed by atoms with van der Waals surface area (Å²) >= 11 is 0. The van der Waals surface area contributed by atoms with Crippen LogP contribution in [0.15, 0.2) is 36.4 Å². The molecule has 0 aromatic heterocycles. The van der Waals surface area contributed by atoms with E-state index < -0.39 is 38.9 Å². The Morgan fingerprint density at radius 3 is 1.85 bits per heavy atom. The molecule has 0 heterocycles. The number of carboxylic acids is 1. The summed E-state index contributed by atoms with van der Waals surface area (Å²) in [7, 11) is 1.45. The molecule has 0 amide bonds. The van der Waals surface area contributed by atoms with Gasteiger partial charge in [0.05, 0.1) is 17.0 Å². The molecule has 1 atom stereocenters. The molecule has 0 saturated heterocycles. The van der Waals surface area contributed by atoms with E-state index in [-0.39, 0.29) is 11.3 Å². The second kappa shape index (κ2) is 7.47. The Bertz CT molecular complexity index is 828. The topological polar surface area (TPSA) is 145 Å². The van der Waals surface area contributed by atoms with Gasteiger partial charge in [-0.25, -0.2) is 0 Å². The summed E-state index contributed by atoms with van der Waals surface area (Å²) in [5, 5.41) is 33.7. The molecule has 1 unspecified atom stereocenters. The fourth-order valence-electron chi connectivity index (χ4n) is 2.14. The first-order valence-corrected chi connectivity index (χ1v) is 7.24. The lowest BCUT2D eigenvalue weighted by molar-refractivity contribution is -0.395. The molecule has 26 heavy (non-hydrogen) atoms. The Morgan fingerprint density at radius 1 is 1.00 bits per heavy atom. The molecule has 0 spiro atoms. The average Bonchev–Trinajstić information content (AvgIpc) is 2.61. The van der Waals surface area contributed by atoms with Crippen LogP contribution >= 0.6 is 0 Å². The third kappa shape index (κ3) is 3.86. The fraction of sp³-hybridized carbons (Fsp3) is 0.188. The van der Waals surface area contributed by atoms with Crippen molar-refractivity contribution in [1.29, 1.82) is 0 Å². The smallest absolute Gasteiger partial charge is 0.319 e. The molecule has 10 heteroatoms. The van der Waals surface area contributed by atoms with E-state index in [0.29, 0.717) is 5.75 Å². The number of hydrogen-bond acceptors (Lipinski definition) is 8. The molecule has 0 aliphatic rings. The monoisotopic (exact) mass is 361 g/mol. The van der Waals surface area contributed by atoms with Crippen LogP contribution < -0.4 is 14.6 Å². The van der Waals surface area contributed by atoms with E-state index in [1.165, 1.54) is 38.3 Å². The van der Waals surface area contributed by atoms with Crippen molar-refractivity contribution in [2.24, 2.45) is 0 Å². The predicted octanol–water partition coefficient (Wildman–Crippen LogP) is 2.16. The molecule has 0 saturated carbocycles. The van der Waals surface area contributed by atoms with Gasteiger partial charge in [0.25, 0.3) is 5.75 Å². The van der Waals surface area contributed by atoms with Crippen molar-refractivity contribution in [3.8, 4) is 17.2 Å². The number of benzene rings is 2. The zero-order chi connectivity index (χ0) is 19.4. The number of nitrogens with zero attached hydrogens (tertiary/aromatic N) is 2. The van der Waals surface area contributed by atoms with E-state index in [2.05, 4.69) is 0 Å². The highest BCUT2D eigenvalue weighted by Crippen LogP contribution is 2.42. The van der Waals surface area contributed by atoms with Gasteiger partial charge in [0.1, 0.15) is 11.5 Å². The number of aliphatic carboxylic acids is 1. The van der Waals surface area contributed by atoms with E-state index in [0.717, 1.165) is 12.1 Å². The summed E-state index contributed by atoms with van der Waals surface area (Å²) in [6.07, 6.45) is 0. The van der Waals surface area contributed by atoms with Crippen molar-refractivity contribution >= 4 is 17.3 Å². The van der Waals surface area contributed by atoms with Crippen LogP contribution in [0.25, 0.3) is 0 Å². The van der Waals surface area contributed by atoms with Crippen LogP contribution in [0.1, 0.15) is 18.4 Å². The Kier molecular flexibility index (Phi) is 5.36. The van der Waals surface area contributed by atoms with Crippen LogP contribution in [-0.4, -0.2) is 22.9 Å². The second-order valence-electron chi connectivity index (χ2n) is 5.22. The number of nitro benzene ring substituents is 2. The summed E-state index contributed by atoms with van der Waals surface area (Å²) in [6, 6.07) is 7.71. The lowest BCUT2D eigenvalue weighted by atomic mass is 9.99. The minimum Gasteiger partial charge on any atom is -0.550 e. The number of carbonyl (C=O) groups excluding carboxylic acids is 1. The summed E-state index contributed by atoms with van der Waals surface area (Å²) in [5.74, 6) is -2.78. The maximum atomic E-state index is 11.4. The number of carboxylic acid groups (broad SMARTS) is 1. The van der Waals surface area contributed by atoms with Crippen molar-refractivity contribution in [1.82, 2.24) is 0 Å². The number of nitro groups is 2. The van der Waals surface area contributed by atoms with Gasteiger partial charge in [0, 0.05) is 24.0 Å². The van der Waals surface area contributed by atoms with Crippen molar-refractivity contribution in [3.63, 3.8) is 0 Å². The lowest BCUT2D eigenvalue weighted by Gasteiger charge is -2.14. The molecule has 0 fully saturated rings. The minimum absolute atomic E-state index is 0.109. The molecule has 0 N–H and O–H groups in total. The summed E-state index contributed by atoms with van der Waals surface area (Å²) in [4.78, 5) is 32.0. The van der Waals surface area contributed by atoms with Gasteiger partial charge in [-0.2, -0.15) is 0 Å². The van der Waals surface area contributed by atoms with Gasteiger partial charge in [-0.05, 0) is 29.8 Å². The molecule has 2 aromatic rings. The zero-order valence-corrected chi connectivity index (χ0v) is 13.7. The Balaban J connectivity index is 2.59. The highest BCUT2D eigenvalue weighted by atomic mass is 16.6. The minimum atomic E-state index is -1.52. The molecular formula is C16H13N2O8-. The molecular weight excluding hydrogens is 348 g/mol. The first kappa shape index (κ1) is 18.6. The Morgan fingerprint density at radius 2 is 1.46 bits per heavy atom. The van der Waals surface area contributed by atoms with E-state index in [1.54, 1.807) is 0 Å². The highest BCUT2D eigenvalue weighted by Gasteiger charge is 2.30. The van der Waals surface area contributed by atoms with E-state index in [1.807, 2.05) is 0 Å². The third-order valence-electron chi connectivity index (χ3n) is 3.60. The van der Waals surface area contributed by atoms with E-state index in [4.69, 9.17) is 9.47 Å². The van der Waals surface area contributed by atoms with Gasteiger partial charge in [-0.3, -0.25) is 20.2 Å². The zero-order valence-electron chi connectivity index (χ0n) is 13.7. The molecule has 2 aromatic carbocycles.